The molecule has 0 unspecified atom stereocenters. The molecule has 1 atom stereocenters. The Hall–Kier alpha value is -4.10. The lowest BCUT2D eigenvalue weighted by molar-refractivity contribution is -0.139. The Bertz CT molecular complexity index is 1370. The summed E-state index contributed by atoms with van der Waals surface area (Å²) in [6.07, 6.45) is 2.66. The number of likely N-dealkylation sites (tertiary alicyclic amines) is 1. The molecule has 1 heterocycles. The van der Waals surface area contributed by atoms with E-state index in [0.29, 0.717) is 42.2 Å². The number of rotatable bonds is 12. The molecule has 7 nitrogen and oxygen atoms in total. The van der Waals surface area contributed by atoms with Crippen LogP contribution in [0.15, 0.2) is 78.4 Å². The summed E-state index contributed by atoms with van der Waals surface area (Å²) in [6.45, 7) is 5.75. The van der Waals surface area contributed by atoms with Crippen molar-refractivity contribution < 1.29 is 24.2 Å². The Kier molecular flexibility index (Phi) is 9.61. The van der Waals surface area contributed by atoms with E-state index in [1.54, 1.807) is 23.1 Å². The number of ether oxygens (including phenoxy) is 2. The van der Waals surface area contributed by atoms with Crippen molar-refractivity contribution in [2.75, 3.05) is 33.8 Å². The number of benzene rings is 3. The number of carbonyl (C=O) groups excluding carboxylic acids is 2. The van der Waals surface area contributed by atoms with Gasteiger partial charge in [0.1, 0.15) is 23.0 Å². The van der Waals surface area contributed by atoms with Crippen LogP contribution in [0.5, 0.6) is 17.2 Å². The fourth-order valence-electron chi connectivity index (χ4n) is 4.83. The van der Waals surface area contributed by atoms with Crippen molar-refractivity contribution in [2.24, 2.45) is 0 Å². The molecule has 3 aromatic rings. The third-order valence-corrected chi connectivity index (χ3v) is 6.90. The molecule has 3 aromatic carbocycles. The lowest BCUT2D eigenvalue weighted by atomic mass is 9.94. The lowest BCUT2D eigenvalue weighted by Crippen LogP contribution is -2.32. The van der Waals surface area contributed by atoms with Gasteiger partial charge in [-0.05, 0) is 94.0 Å². The van der Waals surface area contributed by atoms with E-state index in [1.807, 2.05) is 80.5 Å². The standard InChI is InChI=1S/C33H38N2O5/c1-5-6-20-39-28-17-16-25(21-23(28)2)31(36)29-30(35(33(38)32(29)37)19-11-18-34(3)4)24-12-10-15-27(22-24)40-26-13-8-7-9-14-26/h7-10,12-17,21-22,30,36H,5-6,11,18-20H2,1-4H3/t30-/m0/s1. The van der Waals surface area contributed by atoms with Crippen molar-refractivity contribution in [3.8, 4) is 17.2 Å². The van der Waals surface area contributed by atoms with Crippen molar-refractivity contribution in [1.29, 1.82) is 0 Å². The fraction of sp³-hybridized carbons (Fsp3) is 0.333. The smallest absolute Gasteiger partial charge is 0.295 e. The number of hydrogen-bond acceptors (Lipinski definition) is 6. The predicted molar refractivity (Wildman–Crippen MR) is 157 cm³/mol. The first-order valence-corrected chi connectivity index (χ1v) is 13.8. The Morgan fingerprint density at radius 2 is 1.70 bits per heavy atom. The third-order valence-electron chi connectivity index (χ3n) is 6.90. The molecule has 0 aromatic heterocycles. The highest BCUT2D eigenvalue weighted by atomic mass is 16.5. The summed E-state index contributed by atoms with van der Waals surface area (Å²) in [6, 6.07) is 21.3. The molecule has 1 N–H and O–H groups in total. The number of Topliss-reactive ketones (excluding diaryl/α,β-unsaturated/α-hetero) is 1. The van der Waals surface area contributed by atoms with Gasteiger partial charge in [0.25, 0.3) is 11.7 Å². The van der Waals surface area contributed by atoms with Crippen molar-refractivity contribution in [2.45, 2.75) is 39.2 Å². The predicted octanol–water partition coefficient (Wildman–Crippen LogP) is 6.34. The second kappa shape index (κ2) is 13.3. The van der Waals surface area contributed by atoms with Crippen LogP contribution in [0.2, 0.25) is 0 Å². The molecule has 0 radical (unpaired) electrons. The molecule has 210 valence electrons. The van der Waals surface area contributed by atoms with Gasteiger partial charge >= 0.3 is 0 Å². The van der Waals surface area contributed by atoms with Gasteiger partial charge in [0.15, 0.2) is 0 Å². The van der Waals surface area contributed by atoms with E-state index in [-0.39, 0.29) is 11.3 Å². The summed E-state index contributed by atoms with van der Waals surface area (Å²) in [5.74, 6) is 0.481. The highest BCUT2D eigenvalue weighted by molar-refractivity contribution is 6.46. The van der Waals surface area contributed by atoms with E-state index in [0.717, 1.165) is 30.7 Å². The largest absolute Gasteiger partial charge is 0.507 e. The Morgan fingerprint density at radius 1 is 0.950 bits per heavy atom. The SMILES string of the molecule is CCCCOc1ccc(C(O)=C2C(=O)C(=O)N(CCCN(C)C)[C@H]2c2cccc(Oc3ccccc3)c2)cc1C. The number of para-hydroxylation sites is 1. The molecule has 1 fully saturated rings. The van der Waals surface area contributed by atoms with Crippen LogP contribution >= 0.6 is 0 Å². The van der Waals surface area contributed by atoms with E-state index < -0.39 is 17.7 Å². The summed E-state index contributed by atoms with van der Waals surface area (Å²) < 4.78 is 11.9. The summed E-state index contributed by atoms with van der Waals surface area (Å²) in [7, 11) is 3.93. The highest BCUT2D eigenvalue weighted by Crippen LogP contribution is 2.41. The maximum Gasteiger partial charge on any atom is 0.295 e. The molecule has 40 heavy (non-hydrogen) atoms. The van der Waals surface area contributed by atoms with Crippen LogP contribution in [0.25, 0.3) is 5.76 Å². The van der Waals surface area contributed by atoms with Gasteiger partial charge in [-0.15, -0.1) is 0 Å². The minimum Gasteiger partial charge on any atom is -0.507 e. The molecule has 0 saturated carbocycles. The molecule has 1 aliphatic rings. The zero-order valence-corrected chi connectivity index (χ0v) is 23.7. The number of amides is 1. The first-order valence-electron chi connectivity index (χ1n) is 13.8. The van der Waals surface area contributed by atoms with Gasteiger partial charge in [-0.25, -0.2) is 0 Å². The van der Waals surface area contributed by atoms with Crippen molar-refractivity contribution in [3.05, 3.63) is 95.1 Å². The average Bonchev–Trinajstić information content (AvgIpc) is 3.19. The monoisotopic (exact) mass is 542 g/mol. The van der Waals surface area contributed by atoms with Crippen LogP contribution in [-0.2, 0) is 9.59 Å². The van der Waals surface area contributed by atoms with E-state index >= 15 is 0 Å². The van der Waals surface area contributed by atoms with Gasteiger partial charge in [-0.3, -0.25) is 9.59 Å². The van der Waals surface area contributed by atoms with Gasteiger partial charge in [0.2, 0.25) is 0 Å². The minimum absolute atomic E-state index is 0.0748. The van der Waals surface area contributed by atoms with E-state index in [9.17, 15) is 14.7 Å². The van der Waals surface area contributed by atoms with Gasteiger partial charge in [-0.2, -0.15) is 0 Å². The molecule has 0 aliphatic carbocycles. The normalized spacial score (nSPS) is 16.5. The molecule has 4 rings (SSSR count). The number of aryl methyl sites for hydroxylation is 1. The van der Waals surface area contributed by atoms with E-state index in [2.05, 4.69) is 6.92 Å². The zero-order valence-electron chi connectivity index (χ0n) is 23.7. The van der Waals surface area contributed by atoms with Crippen LogP contribution < -0.4 is 9.47 Å². The molecule has 7 heteroatoms. The number of hydrogen-bond donors (Lipinski definition) is 1. The number of aliphatic hydroxyl groups is 1. The van der Waals surface area contributed by atoms with Crippen molar-refractivity contribution in [1.82, 2.24) is 9.80 Å². The number of ketones is 1. The second-order valence-corrected chi connectivity index (χ2v) is 10.3. The van der Waals surface area contributed by atoms with Gasteiger partial charge < -0.3 is 24.4 Å². The fourth-order valence-corrected chi connectivity index (χ4v) is 4.83. The topological polar surface area (TPSA) is 79.3 Å². The van der Waals surface area contributed by atoms with Crippen molar-refractivity contribution in [3.63, 3.8) is 0 Å². The Labute approximate surface area is 236 Å². The summed E-state index contributed by atoms with van der Waals surface area (Å²) in [4.78, 5) is 30.4. The van der Waals surface area contributed by atoms with E-state index in [4.69, 9.17) is 9.47 Å². The van der Waals surface area contributed by atoms with Gasteiger partial charge in [0, 0.05) is 12.1 Å². The third kappa shape index (κ3) is 6.72. The van der Waals surface area contributed by atoms with Crippen LogP contribution in [-0.4, -0.2) is 60.4 Å². The highest BCUT2D eigenvalue weighted by Gasteiger charge is 2.46. The molecular formula is C33H38N2O5. The number of aliphatic hydroxyl groups excluding tert-OH is 1. The van der Waals surface area contributed by atoms with Crippen LogP contribution in [0.3, 0.4) is 0 Å². The van der Waals surface area contributed by atoms with Gasteiger partial charge in [0.05, 0.1) is 18.2 Å². The Morgan fingerprint density at radius 3 is 2.40 bits per heavy atom. The minimum atomic E-state index is -0.748. The quantitative estimate of drug-likeness (QED) is 0.125. The molecule has 1 amide bonds. The summed E-state index contributed by atoms with van der Waals surface area (Å²) in [5, 5.41) is 11.5. The van der Waals surface area contributed by atoms with Crippen LogP contribution in [0.4, 0.5) is 0 Å². The zero-order chi connectivity index (χ0) is 28.6. The van der Waals surface area contributed by atoms with Crippen LogP contribution in [0.1, 0.15) is 48.9 Å². The first-order chi connectivity index (χ1) is 19.3. The van der Waals surface area contributed by atoms with Crippen molar-refractivity contribution >= 4 is 17.4 Å². The molecular weight excluding hydrogens is 504 g/mol. The lowest BCUT2D eigenvalue weighted by Gasteiger charge is -2.26. The first kappa shape index (κ1) is 28.9. The average molecular weight is 543 g/mol. The van der Waals surface area contributed by atoms with E-state index in [1.165, 1.54) is 0 Å². The maximum atomic E-state index is 13.4. The van der Waals surface area contributed by atoms with Gasteiger partial charge in [-0.1, -0.05) is 43.7 Å². The molecule has 1 aliphatic heterocycles. The second-order valence-electron chi connectivity index (χ2n) is 10.3. The number of nitrogens with zero attached hydrogens (tertiary/aromatic N) is 2. The van der Waals surface area contributed by atoms with Crippen LogP contribution in [0, 0.1) is 6.92 Å². The number of carbonyl (C=O) groups is 2. The molecule has 0 bridgehead atoms. The molecule has 1 saturated heterocycles. The summed E-state index contributed by atoms with van der Waals surface area (Å²) >= 11 is 0. The summed E-state index contributed by atoms with van der Waals surface area (Å²) in [5.41, 5.74) is 2.07. The molecule has 0 spiro atoms. The Balaban J connectivity index is 1.74. The maximum absolute atomic E-state index is 13.4. The number of unbranched alkanes of at least 4 members (excludes halogenated alkanes) is 1.